The number of aromatic nitrogens is 2. The van der Waals surface area contributed by atoms with E-state index in [1.807, 2.05) is 30.3 Å². The Balaban J connectivity index is 2.04. The number of aromatic amines is 1. The molecule has 134 valence electrons. The van der Waals surface area contributed by atoms with Gasteiger partial charge in [-0.2, -0.15) is 0 Å². The van der Waals surface area contributed by atoms with E-state index >= 15 is 0 Å². The van der Waals surface area contributed by atoms with Crippen LogP contribution in [0.15, 0.2) is 56.5 Å². The summed E-state index contributed by atoms with van der Waals surface area (Å²) >= 11 is 0. The van der Waals surface area contributed by atoms with Gasteiger partial charge in [0.25, 0.3) is 11.5 Å². The van der Waals surface area contributed by atoms with Crippen LogP contribution in [0.4, 0.5) is 11.5 Å². The van der Waals surface area contributed by atoms with Gasteiger partial charge in [0.05, 0.1) is 6.54 Å². The van der Waals surface area contributed by atoms with Crippen molar-refractivity contribution in [3.8, 4) is 0 Å². The number of hydrogen-bond donors (Lipinski definition) is 2. The predicted molar refractivity (Wildman–Crippen MR) is 97.5 cm³/mol. The minimum atomic E-state index is -0.740. The molecule has 0 aliphatic carbocycles. The van der Waals surface area contributed by atoms with Gasteiger partial charge in [0.2, 0.25) is 0 Å². The normalized spacial score (nSPS) is 10.7. The van der Waals surface area contributed by atoms with Gasteiger partial charge >= 0.3 is 5.69 Å². The third kappa shape index (κ3) is 3.16. The van der Waals surface area contributed by atoms with Gasteiger partial charge in [-0.25, -0.2) is 4.79 Å². The maximum absolute atomic E-state index is 12.6. The molecule has 1 aromatic carbocycles. The summed E-state index contributed by atoms with van der Waals surface area (Å²) < 4.78 is 6.52. The molecule has 0 aliphatic heterocycles. The molecule has 0 radical (unpaired) electrons. The maximum atomic E-state index is 12.6. The number of aryl methyl sites for hydroxylation is 1. The van der Waals surface area contributed by atoms with Gasteiger partial charge in [-0.3, -0.25) is 19.1 Å². The summed E-state index contributed by atoms with van der Waals surface area (Å²) in [7, 11) is 1.40. The van der Waals surface area contributed by atoms with Crippen molar-refractivity contribution < 1.29 is 9.21 Å². The molecule has 8 nitrogen and oxygen atoms in total. The smallest absolute Gasteiger partial charge is 0.330 e. The quantitative estimate of drug-likeness (QED) is 0.734. The van der Waals surface area contributed by atoms with E-state index in [9.17, 15) is 14.4 Å². The molecule has 2 aromatic heterocycles. The molecule has 8 heteroatoms. The second kappa shape index (κ2) is 6.75. The zero-order valence-corrected chi connectivity index (χ0v) is 14.4. The highest BCUT2D eigenvalue weighted by atomic mass is 16.3. The van der Waals surface area contributed by atoms with Crippen LogP contribution in [0.3, 0.4) is 0 Å². The number of carbonyl (C=O) groups is 1. The van der Waals surface area contributed by atoms with E-state index in [1.54, 1.807) is 13.0 Å². The first-order valence-electron chi connectivity index (χ1n) is 7.89. The summed E-state index contributed by atoms with van der Waals surface area (Å²) in [5.41, 5.74) is 5.41. The first kappa shape index (κ1) is 17.3. The number of carbonyl (C=O) groups excluding carboxylic acids is 1. The summed E-state index contributed by atoms with van der Waals surface area (Å²) in [5.74, 6) is 0.00392. The van der Waals surface area contributed by atoms with Crippen LogP contribution < -0.4 is 21.9 Å². The largest absolute Gasteiger partial charge is 0.456 e. The van der Waals surface area contributed by atoms with Crippen molar-refractivity contribution in [2.75, 3.05) is 17.7 Å². The lowest BCUT2D eigenvalue weighted by atomic mass is 10.2. The molecule has 0 fully saturated rings. The number of rotatable bonds is 4. The molecular weight excluding hydrogens is 336 g/mol. The van der Waals surface area contributed by atoms with E-state index in [1.165, 1.54) is 17.7 Å². The minimum absolute atomic E-state index is 0.0737. The molecule has 0 saturated carbocycles. The molecule has 26 heavy (non-hydrogen) atoms. The van der Waals surface area contributed by atoms with E-state index in [4.69, 9.17) is 10.2 Å². The molecule has 2 heterocycles. The van der Waals surface area contributed by atoms with Crippen LogP contribution in [0, 0.1) is 6.92 Å². The van der Waals surface area contributed by atoms with Gasteiger partial charge in [0, 0.05) is 7.05 Å². The van der Waals surface area contributed by atoms with Crippen LogP contribution in [0.5, 0.6) is 0 Å². The van der Waals surface area contributed by atoms with Crippen molar-refractivity contribution in [2.24, 2.45) is 0 Å². The van der Waals surface area contributed by atoms with E-state index in [0.29, 0.717) is 5.76 Å². The Hall–Kier alpha value is -3.55. The average molecular weight is 354 g/mol. The highest BCUT2D eigenvalue weighted by Crippen LogP contribution is 2.19. The number of anilines is 2. The van der Waals surface area contributed by atoms with Gasteiger partial charge in [0.15, 0.2) is 11.4 Å². The van der Waals surface area contributed by atoms with E-state index in [-0.39, 0.29) is 23.8 Å². The Kier molecular flexibility index (Phi) is 4.49. The van der Waals surface area contributed by atoms with Gasteiger partial charge < -0.3 is 15.1 Å². The highest BCUT2D eigenvalue weighted by Gasteiger charge is 2.23. The number of nitrogens with one attached hydrogen (secondary N) is 1. The third-order valence-corrected chi connectivity index (χ3v) is 3.99. The van der Waals surface area contributed by atoms with Crippen LogP contribution in [0.25, 0.3) is 0 Å². The number of amides is 1. The van der Waals surface area contributed by atoms with Crippen LogP contribution in [-0.4, -0.2) is 22.5 Å². The van der Waals surface area contributed by atoms with Gasteiger partial charge in [-0.05, 0) is 24.6 Å². The topological polar surface area (TPSA) is 114 Å². The molecule has 0 spiro atoms. The zero-order chi connectivity index (χ0) is 18.8. The number of nitrogens with two attached hydrogens (primary N) is 1. The number of hydrogen-bond acceptors (Lipinski definition) is 5. The molecule has 0 atom stereocenters. The third-order valence-electron chi connectivity index (χ3n) is 3.99. The number of benzene rings is 1. The monoisotopic (exact) mass is 354 g/mol. The summed E-state index contributed by atoms with van der Waals surface area (Å²) in [4.78, 5) is 40.3. The fraction of sp³-hybridized carbons (Fsp3) is 0.167. The molecule has 0 aliphatic rings. The Morgan fingerprint density at radius 3 is 2.50 bits per heavy atom. The van der Waals surface area contributed by atoms with Crippen molar-refractivity contribution in [1.29, 1.82) is 0 Å². The maximum Gasteiger partial charge on any atom is 0.330 e. The molecule has 3 aromatic rings. The van der Waals surface area contributed by atoms with Gasteiger partial charge in [-0.1, -0.05) is 30.3 Å². The zero-order valence-electron chi connectivity index (χ0n) is 14.4. The number of nitrogen functional groups attached to an aromatic ring is 1. The second-order valence-corrected chi connectivity index (χ2v) is 5.84. The van der Waals surface area contributed by atoms with Crippen molar-refractivity contribution in [3.05, 3.63) is 80.4 Å². The molecule has 1 amide bonds. The Morgan fingerprint density at radius 2 is 1.88 bits per heavy atom. The Morgan fingerprint density at radius 1 is 1.19 bits per heavy atom. The minimum Gasteiger partial charge on any atom is -0.456 e. The van der Waals surface area contributed by atoms with E-state index in [2.05, 4.69) is 4.98 Å². The van der Waals surface area contributed by atoms with Crippen LogP contribution in [0.2, 0.25) is 0 Å². The number of H-pyrrole nitrogens is 1. The Labute approximate surface area is 148 Å². The SMILES string of the molecule is Cc1ccc(C(=O)N(C)c2c(N)n(Cc3ccccc3)c(=O)[nH]c2=O)o1. The standard InChI is InChI=1S/C18H18N4O4/c1-11-8-9-13(26-11)17(24)21(2)14-15(19)22(18(25)20-16(14)23)10-12-6-4-3-5-7-12/h3-9H,10,19H2,1-2H3,(H,20,23,25). The predicted octanol–water partition coefficient (Wildman–Crippen LogP) is 1.35. The van der Waals surface area contributed by atoms with Crippen LogP contribution in [-0.2, 0) is 6.54 Å². The van der Waals surface area contributed by atoms with Crippen molar-refractivity contribution in [1.82, 2.24) is 9.55 Å². The fourth-order valence-electron chi connectivity index (χ4n) is 2.64. The lowest BCUT2D eigenvalue weighted by Gasteiger charge is -2.19. The first-order valence-corrected chi connectivity index (χ1v) is 7.89. The first-order chi connectivity index (χ1) is 12.4. The summed E-state index contributed by atoms with van der Waals surface area (Å²) in [6.45, 7) is 1.87. The second-order valence-electron chi connectivity index (χ2n) is 5.84. The summed E-state index contributed by atoms with van der Waals surface area (Å²) in [6.07, 6.45) is 0. The molecule has 3 rings (SSSR count). The van der Waals surface area contributed by atoms with Crippen LogP contribution >= 0.6 is 0 Å². The number of furan rings is 1. The van der Waals surface area contributed by atoms with Gasteiger partial charge in [-0.15, -0.1) is 0 Å². The van der Waals surface area contributed by atoms with Crippen molar-refractivity contribution in [2.45, 2.75) is 13.5 Å². The summed E-state index contributed by atoms with van der Waals surface area (Å²) in [5, 5.41) is 0. The lowest BCUT2D eigenvalue weighted by Crippen LogP contribution is -2.39. The molecule has 0 unspecified atom stereocenters. The number of nitrogens with zero attached hydrogens (tertiary/aromatic N) is 2. The lowest BCUT2D eigenvalue weighted by molar-refractivity contribution is 0.0965. The van der Waals surface area contributed by atoms with E-state index < -0.39 is 17.2 Å². The molecule has 0 bridgehead atoms. The molecular formula is C18H18N4O4. The van der Waals surface area contributed by atoms with Crippen molar-refractivity contribution >= 4 is 17.4 Å². The van der Waals surface area contributed by atoms with Crippen LogP contribution in [0.1, 0.15) is 21.9 Å². The summed E-state index contributed by atoms with van der Waals surface area (Å²) in [6, 6.07) is 12.3. The van der Waals surface area contributed by atoms with E-state index in [0.717, 1.165) is 10.5 Å². The Bertz CT molecular complexity index is 1060. The van der Waals surface area contributed by atoms with Gasteiger partial charge in [0.1, 0.15) is 11.6 Å². The molecule has 3 N–H and O–H groups in total. The average Bonchev–Trinajstić information content (AvgIpc) is 3.05. The molecule has 0 saturated heterocycles. The van der Waals surface area contributed by atoms with Crippen molar-refractivity contribution in [3.63, 3.8) is 0 Å². The highest BCUT2D eigenvalue weighted by molar-refractivity contribution is 6.05. The fourth-order valence-corrected chi connectivity index (χ4v) is 2.64.